The predicted octanol–water partition coefficient (Wildman–Crippen LogP) is 3.44. The van der Waals surface area contributed by atoms with Crippen LogP contribution in [-0.4, -0.2) is 24.0 Å². The van der Waals surface area contributed by atoms with Crippen molar-refractivity contribution >= 4 is 0 Å². The van der Waals surface area contributed by atoms with Crippen molar-refractivity contribution in [2.45, 2.75) is 45.7 Å². The maximum atomic E-state index is 6.22. The third-order valence-electron chi connectivity index (χ3n) is 4.04. The summed E-state index contributed by atoms with van der Waals surface area (Å²) in [6.07, 6.45) is 2.38. The first kappa shape index (κ1) is 14.5. The summed E-state index contributed by atoms with van der Waals surface area (Å²) in [6, 6.07) is 11.8. The fraction of sp³-hybridized carbons (Fsp3) is 0.647. The van der Waals surface area contributed by atoms with Crippen LogP contribution in [0.2, 0.25) is 0 Å². The molecule has 2 rings (SSSR count). The number of rotatable bonds is 4. The summed E-state index contributed by atoms with van der Waals surface area (Å²) in [4.78, 5) is 2.61. The van der Waals surface area contributed by atoms with E-state index in [0.717, 1.165) is 6.54 Å². The minimum absolute atomic E-state index is 0.335. The molecule has 1 fully saturated rings. The van der Waals surface area contributed by atoms with Gasteiger partial charge < -0.3 is 5.73 Å². The number of nitrogens with two attached hydrogens (primary N) is 1. The first-order chi connectivity index (χ1) is 9.06. The van der Waals surface area contributed by atoms with Gasteiger partial charge in [-0.3, -0.25) is 4.90 Å². The van der Waals surface area contributed by atoms with E-state index in [1.165, 1.54) is 24.9 Å². The zero-order valence-electron chi connectivity index (χ0n) is 12.5. The number of piperidine rings is 1. The number of hydrogen-bond donors (Lipinski definition) is 1. The minimum Gasteiger partial charge on any atom is -0.327 e. The van der Waals surface area contributed by atoms with Crippen LogP contribution in [0.1, 0.15) is 45.2 Å². The van der Waals surface area contributed by atoms with Gasteiger partial charge in [-0.15, -0.1) is 0 Å². The van der Waals surface area contributed by atoms with Crippen molar-refractivity contribution in [3.8, 4) is 0 Å². The zero-order valence-corrected chi connectivity index (χ0v) is 12.5. The molecule has 1 aromatic carbocycles. The SMILES string of the molecule is CC(C)CC(c1ccccc1)N1CC(C)CC(N)C1. The summed E-state index contributed by atoms with van der Waals surface area (Å²) in [5, 5.41) is 0. The lowest BCUT2D eigenvalue weighted by atomic mass is 9.90. The van der Waals surface area contributed by atoms with Crippen molar-refractivity contribution in [1.82, 2.24) is 4.90 Å². The average molecular weight is 260 g/mol. The standard InChI is InChI=1S/C17H28N2/c1-13(2)9-17(15-7-5-4-6-8-15)19-11-14(3)10-16(18)12-19/h4-8,13-14,16-17H,9-12,18H2,1-3H3. The van der Waals surface area contributed by atoms with Crippen LogP contribution in [0, 0.1) is 11.8 Å². The van der Waals surface area contributed by atoms with Crippen molar-refractivity contribution in [3.05, 3.63) is 35.9 Å². The van der Waals surface area contributed by atoms with Gasteiger partial charge in [-0.2, -0.15) is 0 Å². The summed E-state index contributed by atoms with van der Waals surface area (Å²) in [7, 11) is 0. The smallest absolute Gasteiger partial charge is 0.0351 e. The Hall–Kier alpha value is -0.860. The molecule has 2 nitrogen and oxygen atoms in total. The molecular weight excluding hydrogens is 232 g/mol. The molecule has 1 heterocycles. The first-order valence-electron chi connectivity index (χ1n) is 7.60. The molecule has 1 saturated heterocycles. The Labute approximate surface area is 118 Å². The van der Waals surface area contributed by atoms with Crippen molar-refractivity contribution in [1.29, 1.82) is 0 Å². The maximum absolute atomic E-state index is 6.22. The van der Waals surface area contributed by atoms with Gasteiger partial charge in [0.1, 0.15) is 0 Å². The molecule has 2 heteroatoms. The molecule has 0 amide bonds. The number of benzene rings is 1. The molecule has 0 bridgehead atoms. The maximum Gasteiger partial charge on any atom is 0.0351 e. The van der Waals surface area contributed by atoms with E-state index in [9.17, 15) is 0 Å². The number of likely N-dealkylation sites (tertiary alicyclic amines) is 1. The monoisotopic (exact) mass is 260 g/mol. The molecule has 1 aliphatic heterocycles. The van der Waals surface area contributed by atoms with Crippen molar-refractivity contribution in [3.63, 3.8) is 0 Å². The molecule has 2 N–H and O–H groups in total. The summed E-state index contributed by atoms with van der Waals surface area (Å²) in [5.41, 5.74) is 7.66. The summed E-state index contributed by atoms with van der Waals surface area (Å²) in [5.74, 6) is 1.42. The molecule has 0 radical (unpaired) electrons. The molecule has 0 saturated carbocycles. The Kier molecular flexibility index (Phi) is 5.00. The van der Waals surface area contributed by atoms with Crippen LogP contribution < -0.4 is 5.73 Å². The fourth-order valence-electron chi connectivity index (χ4n) is 3.31. The van der Waals surface area contributed by atoms with Crippen LogP contribution in [0.4, 0.5) is 0 Å². The molecule has 19 heavy (non-hydrogen) atoms. The van der Waals surface area contributed by atoms with Gasteiger partial charge in [-0.05, 0) is 30.2 Å². The van der Waals surface area contributed by atoms with Crippen LogP contribution in [0.15, 0.2) is 30.3 Å². The highest BCUT2D eigenvalue weighted by molar-refractivity contribution is 5.19. The van der Waals surface area contributed by atoms with Gasteiger partial charge in [0, 0.05) is 25.2 Å². The summed E-state index contributed by atoms with van der Waals surface area (Å²) >= 11 is 0. The van der Waals surface area contributed by atoms with E-state index in [0.29, 0.717) is 23.9 Å². The van der Waals surface area contributed by atoms with Gasteiger partial charge >= 0.3 is 0 Å². The Morgan fingerprint density at radius 2 is 1.89 bits per heavy atom. The van der Waals surface area contributed by atoms with E-state index in [2.05, 4.69) is 56.0 Å². The van der Waals surface area contributed by atoms with E-state index < -0.39 is 0 Å². The van der Waals surface area contributed by atoms with E-state index in [1.807, 2.05) is 0 Å². The van der Waals surface area contributed by atoms with Gasteiger partial charge in [0.05, 0.1) is 0 Å². The second kappa shape index (κ2) is 6.53. The van der Waals surface area contributed by atoms with Crippen molar-refractivity contribution in [2.75, 3.05) is 13.1 Å². The summed E-state index contributed by atoms with van der Waals surface area (Å²) in [6.45, 7) is 9.16. The van der Waals surface area contributed by atoms with Crippen LogP contribution in [0.5, 0.6) is 0 Å². The zero-order chi connectivity index (χ0) is 13.8. The topological polar surface area (TPSA) is 29.3 Å². The van der Waals surface area contributed by atoms with Crippen LogP contribution in [0.3, 0.4) is 0 Å². The van der Waals surface area contributed by atoms with Crippen molar-refractivity contribution < 1.29 is 0 Å². The molecule has 0 aromatic heterocycles. The molecular formula is C17H28N2. The number of nitrogens with zero attached hydrogens (tertiary/aromatic N) is 1. The van der Waals surface area contributed by atoms with E-state index in [-0.39, 0.29) is 0 Å². The lowest BCUT2D eigenvalue weighted by Gasteiger charge is -2.41. The quantitative estimate of drug-likeness (QED) is 0.898. The Morgan fingerprint density at radius 1 is 1.21 bits per heavy atom. The van der Waals surface area contributed by atoms with E-state index in [4.69, 9.17) is 5.73 Å². The predicted molar refractivity (Wildman–Crippen MR) is 82.0 cm³/mol. The molecule has 1 aromatic rings. The van der Waals surface area contributed by atoms with E-state index >= 15 is 0 Å². The van der Waals surface area contributed by atoms with Gasteiger partial charge in [-0.25, -0.2) is 0 Å². The minimum atomic E-state index is 0.335. The first-order valence-corrected chi connectivity index (χ1v) is 7.60. The lowest BCUT2D eigenvalue weighted by Crippen LogP contribution is -2.47. The number of hydrogen-bond acceptors (Lipinski definition) is 2. The van der Waals surface area contributed by atoms with Crippen LogP contribution in [0.25, 0.3) is 0 Å². The molecule has 106 valence electrons. The third-order valence-corrected chi connectivity index (χ3v) is 4.04. The highest BCUT2D eigenvalue weighted by Gasteiger charge is 2.28. The Morgan fingerprint density at radius 3 is 2.47 bits per heavy atom. The normalized spacial score (nSPS) is 26.6. The summed E-state index contributed by atoms with van der Waals surface area (Å²) < 4.78 is 0. The molecule has 3 unspecified atom stereocenters. The average Bonchev–Trinajstić information content (AvgIpc) is 2.35. The Bertz CT molecular complexity index is 364. The molecule has 3 atom stereocenters. The molecule has 0 aliphatic carbocycles. The highest BCUT2D eigenvalue weighted by Crippen LogP contribution is 2.31. The largest absolute Gasteiger partial charge is 0.327 e. The highest BCUT2D eigenvalue weighted by atomic mass is 15.2. The van der Waals surface area contributed by atoms with Crippen molar-refractivity contribution in [2.24, 2.45) is 17.6 Å². The van der Waals surface area contributed by atoms with Gasteiger partial charge in [0.25, 0.3) is 0 Å². The lowest BCUT2D eigenvalue weighted by molar-refractivity contribution is 0.102. The molecule has 0 spiro atoms. The van der Waals surface area contributed by atoms with Gasteiger partial charge in [-0.1, -0.05) is 51.1 Å². The van der Waals surface area contributed by atoms with Gasteiger partial charge in [0.15, 0.2) is 0 Å². The second-order valence-electron chi connectivity index (χ2n) is 6.61. The fourth-order valence-corrected chi connectivity index (χ4v) is 3.31. The second-order valence-corrected chi connectivity index (χ2v) is 6.61. The molecule has 1 aliphatic rings. The van der Waals surface area contributed by atoms with Gasteiger partial charge in [0.2, 0.25) is 0 Å². The van der Waals surface area contributed by atoms with Crippen LogP contribution >= 0.6 is 0 Å². The van der Waals surface area contributed by atoms with E-state index in [1.54, 1.807) is 0 Å². The van der Waals surface area contributed by atoms with Crippen LogP contribution in [-0.2, 0) is 0 Å². The third kappa shape index (κ3) is 4.05. The Balaban J connectivity index is 2.17.